The van der Waals surface area contributed by atoms with Crippen LogP contribution in [0.1, 0.15) is 34.1 Å². The summed E-state index contributed by atoms with van der Waals surface area (Å²) in [6, 6.07) is 0. The lowest BCUT2D eigenvalue weighted by atomic mass is 10.0. The smallest absolute Gasteiger partial charge is 0.0171 e. The van der Waals surface area contributed by atoms with Crippen molar-refractivity contribution in [3.8, 4) is 0 Å². The molecule has 0 atom stereocenters. The Kier molecular flexibility index (Phi) is 6.33. The van der Waals surface area contributed by atoms with Crippen molar-refractivity contribution in [1.82, 2.24) is 0 Å². The molecule has 0 aromatic carbocycles. The predicted octanol–water partition coefficient (Wildman–Crippen LogP) is 3.68. The molecule has 1 nitrogen and oxygen atoms in total. The van der Waals surface area contributed by atoms with Crippen LogP contribution >= 0.6 is 11.9 Å². The van der Waals surface area contributed by atoms with Crippen molar-refractivity contribution >= 4 is 18.2 Å². The number of rotatable bonds is 1. The van der Waals surface area contributed by atoms with E-state index < -0.39 is 0 Å². The first kappa shape index (κ1) is 10.8. The van der Waals surface area contributed by atoms with Crippen molar-refractivity contribution in [2.24, 2.45) is 10.3 Å². The van der Waals surface area contributed by atoms with Crippen LogP contribution < -0.4 is 0 Å². The number of hydrogen-bond donors (Lipinski definition) is 0. The van der Waals surface area contributed by atoms with Crippen LogP contribution in [-0.4, -0.2) is 6.21 Å². The van der Waals surface area contributed by atoms with Gasteiger partial charge in [0.1, 0.15) is 0 Å². The van der Waals surface area contributed by atoms with Gasteiger partial charge in [-0.25, -0.2) is 4.40 Å². The third kappa shape index (κ3) is 4.25. The molecule has 0 bridgehead atoms. The molecule has 0 aromatic rings. The third-order valence-corrected chi connectivity index (χ3v) is 2.09. The van der Waals surface area contributed by atoms with Gasteiger partial charge in [0.15, 0.2) is 0 Å². The molecular weight excluding hydrogens is 154 g/mol. The Morgan fingerprint density at radius 3 is 2.36 bits per heavy atom. The fourth-order valence-electron chi connectivity index (χ4n) is 0.704. The highest BCUT2D eigenvalue weighted by Gasteiger charge is 2.03. The van der Waals surface area contributed by atoms with E-state index in [1.165, 1.54) is 17.5 Å². The fourth-order valence-corrected chi connectivity index (χ4v) is 1.43. The van der Waals surface area contributed by atoms with Crippen LogP contribution in [0, 0.1) is 5.92 Å². The van der Waals surface area contributed by atoms with E-state index in [2.05, 4.69) is 23.7 Å². The molecule has 0 N–H and O–H groups in total. The summed E-state index contributed by atoms with van der Waals surface area (Å²) in [5, 5.41) is 2.14. The topological polar surface area (TPSA) is 12.4 Å². The zero-order valence-electron chi connectivity index (χ0n) is 7.79. The summed E-state index contributed by atoms with van der Waals surface area (Å²) >= 11 is 1.54. The standard InChI is InChI=1S/C7H11NS.C2H6/c1-6(2)7-3-4-8-9-5-7;1-2/h4-6H,3H2,1-2H3;1-2H3. The van der Waals surface area contributed by atoms with Gasteiger partial charge in [-0.15, -0.1) is 0 Å². The van der Waals surface area contributed by atoms with Gasteiger partial charge in [-0.1, -0.05) is 33.3 Å². The average molecular weight is 171 g/mol. The van der Waals surface area contributed by atoms with Gasteiger partial charge in [0.2, 0.25) is 0 Å². The van der Waals surface area contributed by atoms with Crippen molar-refractivity contribution in [2.75, 3.05) is 0 Å². The highest BCUT2D eigenvalue weighted by atomic mass is 32.2. The number of allylic oxidation sites excluding steroid dienone is 1. The second-order valence-corrected chi connectivity index (χ2v) is 3.10. The molecule has 0 amide bonds. The zero-order chi connectivity index (χ0) is 8.69. The lowest BCUT2D eigenvalue weighted by Crippen LogP contribution is -1.95. The number of hydrogen-bond acceptors (Lipinski definition) is 2. The van der Waals surface area contributed by atoms with E-state index in [1.54, 1.807) is 0 Å². The summed E-state index contributed by atoms with van der Waals surface area (Å²) < 4.78 is 4.03. The molecule has 0 spiro atoms. The summed E-state index contributed by atoms with van der Waals surface area (Å²) in [5.74, 6) is 0.684. The molecule has 0 saturated heterocycles. The zero-order valence-corrected chi connectivity index (χ0v) is 8.61. The van der Waals surface area contributed by atoms with Gasteiger partial charge in [0.25, 0.3) is 0 Å². The largest absolute Gasteiger partial charge is 0.224 e. The summed E-state index contributed by atoms with van der Waals surface area (Å²) in [5.41, 5.74) is 1.50. The van der Waals surface area contributed by atoms with Gasteiger partial charge in [-0.05, 0) is 11.3 Å². The molecule has 0 radical (unpaired) electrons. The summed E-state index contributed by atoms with van der Waals surface area (Å²) in [6.07, 6.45) is 3.02. The van der Waals surface area contributed by atoms with Crippen LogP contribution in [0.15, 0.2) is 15.4 Å². The van der Waals surface area contributed by atoms with Crippen LogP contribution in [0.3, 0.4) is 0 Å². The van der Waals surface area contributed by atoms with Gasteiger partial charge < -0.3 is 0 Å². The Morgan fingerprint density at radius 2 is 2.09 bits per heavy atom. The van der Waals surface area contributed by atoms with Crippen LogP contribution in [0.4, 0.5) is 0 Å². The van der Waals surface area contributed by atoms with E-state index in [9.17, 15) is 0 Å². The minimum atomic E-state index is 0.684. The van der Waals surface area contributed by atoms with E-state index in [0.29, 0.717) is 5.92 Å². The van der Waals surface area contributed by atoms with Crippen LogP contribution in [0.2, 0.25) is 0 Å². The SMILES string of the molecule is CC.CC(C)C1=CSN=CC1. The minimum Gasteiger partial charge on any atom is -0.224 e. The van der Waals surface area contributed by atoms with Gasteiger partial charge >= 0.3 is 0 Å². The van der Waals surface area contributed by atoms with E-state index in [4.69, 9.17) is 0 Å². The maximum atomic E-state index is 4.03. The lowest BCUT2D eigenvalue weighted by Gasteiger charge is -2.09. The van der Waals surface area contributed by atoms with Crippen LogP contribution in [0.5, 0.6) is 0 Å². The number of nitrogens with zero attached hydrogens (tertiary/aromatic N) is 1. The van der Waals surface area contributed by atoms with Crippen molar-refractivity contribution in [1.29, 1.82) is 0 Å². The minimum absolute atomic E-state index is 0.684. The molecule has 64 valence electrons. The Balaban J connectivity index is 0.000000461. The monoisotopic (exact) mass is 171 g/mol. The summed E-state index contributed by atoms with van der Waals surface area (Å²) in [6.45, 7) is 8.43. The van der Waals surface area contributed by atoms with Crippen LogP contribution in [0.25, 0.3) is 0 Å². The molecule has 0 unspecified atom stereocenters. The molecule has 1 aliphatic heterocycles. The highest BCUT2D eigenvalue weighted by molar-refractivity contribution is 8.01. The quantitative estimate of drug-likeness (QED) is 0.548. The van der Waals surface area contributed by atoms with E-state index >= 15 is 0 Å². The summed E-state index contributed by atoms with van der Waals surface area (Å²) in [4.78, 5) is 0. The molecule has 0 saturated carbocycles. The normalized spacial score (nSPS) is 15.5. The van der Waals surface area contributed by atoms with E-state index in [1.807, 2.05) is 20.1 Å². The van der Waals surface area contributed by atoms with Gasteiger partial charge in [0.05, 0.1) is 0 Å². The van der Waals surface area contributed by atoms with Crippen LogP contribution in [-0.2, 0) is 0 Å². The average Bonchev–Trinajstić information content (AvgIpc) is 2.10. The molecule has 1 heterocycles. The highest BCUT2D eigenvalue weighted by Crippen LogP contribution is 2.21. The Hall–Kier alpha value is -0.240. The molecule has 0 aliphatic carbocycles. The fraction of sp³-hybridized carbons (Fsp3) is 0.667. The molecule has 1 aliphatic rings. The first-order valence-corrected chi connectivity index (χ1v) is 5.01. The molecule has 0 aromatic heterocycles. The summed E-state index contributed by atoms with van der Waals surface area (Å²) in [7, 11) is 0. The Morgan fingerprint density at radius 1 is 1.45 bits per heavy atom. The molecule has 0 fully saturated rings. The first-order valence-electron chi connectivity index (χ1n) is 4.17. The van der Waals surface area contributed by atoms with E-state index in [-0.39, 0.29) is 0 Å². The maximum absolute atomic E-state index is 4.03. The second-order valence-electron chi connectivity index (χ2n) is 2.44. The van der Waals surface area contributed by atoms with Gasteiger partial charge in [0, 0.05) is 24.6 Å². The third-order valence-electron chi connectivity index (χ3n) is 1.41. The lowest BCUT2D eigenvalue weighted by molar-refractivity contribution is 0.758. The second kappa shape index (κ2) is 6.47. The van der Waals surface area contributed by atoms with Gasteiger partial charge in [-0.2, -0.15) is 0 Å². The van der Waals surface area contributed by atoms with Crippen molar-refractivity contribution in [3.63, 3.8) is 0 Å². The molecule has 2 heteroatoms. The van der Waals surface area contributed by atoms with Crippen molar-refractivity contribution in [2.45, 2.75) is 34.1 Å². The van der Waals surface area contributed by atoms with Gasteiger partial charge in [-0.3, -0.25) is 0 Å². The predicted molar refractivity (Wildman–Crippen MR) is 55.0 cm³/mol. The van der Waals surface area contributed by atoms with Crippen molar-refractivity contribution in [3.05, 3.63) is 11.0 Å². The maximum Gasteiger partial charge on any atom is 0.0171 e. The Bertz CT molecular complexity index is 148. The van der Waals surface area contributed by atoms with E-state index in [0.717, 1.165) is 6.42 Å². The first-order chi connectivity index (χ1) is 5.30. The molecular formula is C9H17NS. The molecule has 1 rings (SSSR count). The Labute approximate surface area is 74.1 Å². The van der Waals surface area contributed by atoms with Crippen molar-refractivity contribution < 1.29 is 0 Å². The molecule has 11 heavy (non-hydrogen) atoms.